The van der Waals surface area contributed by atoms with Gasteiger partial charge in [-0.3, -0.25) is 4.79 Å². The average molecular weight is 340 g/mol. The molecule has 2 saturated carbocycles. The summed E-state index contributed by atoms with van der Waals surface area (Å²) in [5.74, 6) is 0.685. The van der Waals surface area contributed by atoms with Gasteiger partial charge in [0.2, 0.25) is 15.9 Å². The molecule has 21 heavy (non-hydrogen) atoms. The number of hydrogen-bond acceptors (Lipinski definition) is 4. The number of nitrogens with two attached hydrogens (primary N) is 1. The summed E-state index contributed by atoms with van der Waals surface area (Å²) in [6, 6.07) is 0.418. The van der Waals surface area contributed by atoms with Crippen molar-refractivity contribution in [1.82, 2.24) is 9.62 Å². The van der Waals surface area contributed by atoms with Crippen molar-refractivity contribution in [3.8, 4) is 0 Å². The van der Waals surface area contributed by atoms with Crippen LogP contribution >= 0.6 is 12.4 Å². The van der Waals surface area contributed by atoms with Gasteiger partial charge in [0.05, 0.1) is 12.8 Å². The Morgan fingerprint density at radius 3 is 2.29 bits per heavy atom. The van der Waals surface area contributed by atoms with Crippen molar-refractivity contribution in [1.29, 1.82) is 0 Å². The molecule has 0 saturated heterocycles. The van der Waals surface area contributed by atoms with Crippen molar-refractivity contribution >= 4 is 28.3 Å². The third-order valence-electron chi connectivity index (χ3n) is 4.64. The van der Waals surface area contributed by atoms with Gasteiger partial charge in [-0.25, -0.2) is 8.42 Å². The smallest absolute Gasteiger partial charge is 0.235 e. The van der Waals surface area contributed by atoms with E-state index in [0.29, 0.717) is 11.8 Å². The monoisotopic (exact) mass is 339 g/mol. The minimum Gasteiger partial charge on any atom is -0.352 e. The number of sulfonamides is 1. The maximum atomic E-state index is 12.0. The predicted molar refractivity (Wildman–Crippen MR) is 84.7 cm³/mol. The second-order valence-electron chi connectivity index (χ2n) is 6.29. The third-order valence-corrected chi connectivity index (χ3v) is 5.90. The molecule has 0 aliphatic heterocycles. The molecule has 2 atom stereocenters. The van der Waals surface area contributed by atoms with Crippen LogP contribution in [0.25, 0.3) is 0 Å². The minimum atomic E-state index is -3.31. The van der Waals surface area contributed by atoms with Crippen molar-refractivity contribution in [2.45, 2.75) is 44.2 Å². The molecule has 2 rings (SSSR count). The lowest BCUT2D eigenvalue weighted by Gasteiger charge is -2.45. The molecular weight excluding hydrogens is 314 g/mol. The first-order valence-corrected chi connectivity index (χ1v) is 9.08. The lowest BCUT2D eigenvalue weighted by Crippen LogP contribution is -2.55. The molecule has 0 heterocycles. The SMILES string of the molecule is CN(CC(=O)NC1C2CCCC1CC(N)C2)S(C)(=O)=O.Cl. The zero-order valence-corrected chi connectivity index (χ0v) is 14.3. The van der Waals surface area contributed by atoms with E-state index >= 15 is 0 Å². The molecule has 8 heteroatoms. The summed E-state index contributed by atoms with van der Waals surface area (Å²) in [6.07, 6.45) is 6.45. The van der Waals surface area contributed by atoms with Gasteiger partial charge < -0.3 is 11.1 Å². The molecule has 0 radical (unpaired) electrons. The van der Waals surface area contributed by atoms with E-state index in [-0.39, 0.29) is 36.9 Å². The quantitative estimate of drug-likeness (QED) is 0.771. The van der Waals surface area contributed by atoms with Gasteiger partial charge in [-0.05, 0) is 37.5 Å². The number of likely N-dealkylation sites (N-methyl/N-ethyl adjacent to an activating group) is 1. The Labute approximate surface area is 133 Å². The van der Waals surface area contributed by atoms with Crippen LogP contribution in [0.3, 0.4) is 0 Å². The first kappa shape index (κ1) is 18.7. The van der Waals surface area contributed by atoms with Crippen LogP contribution in [0.1, 0.15) is 32.1 Å². The number of halogens is 1. The Morgan fingerprint density at radius 2 is 1.81 bits per heavy atom. The standard InChI is InChI=1S/C13H25N3O3S.ClH/c1-16(20(2,18)19)8-12(17)15-13-9-4-3-5-10(13)7-11(14)6-9;/h9-11,13H,3-8,14H2,1-2H3,(H,15,17);1H. The second-order valence-corrected chi connectivity index (χ2v) is 8.38. The fraction of sp³-hybridized carbons (Fsp3) is 0.923. The Hall–Kier alpha value is -0.370. The summed E-state index contributed by atoms with van der Waals surface area (Å²) in [4.78, 5) is 12.0. The summed E-state index contributed by atoms with van der Waals surface area (Å²) in [6.45, 7) is -0.110. The van der Waals surface area contributed by atoms with Crippen LogP contribution < -0.4 is 11.1 Å². The topological polar surface area (TPSA) is 92.5 Å². The fourth-order valence-corrected chi connectivity index (χ4v) is 3.93. The van der Waals surface area contributed by atoms with Gasteiger partial charge in [0, 0.05) is 19.1 Å². The van der Waals surface area contributed by atoms with Crippen molar-refractivity contribution in [2.24, 2.45) is 17.6 Å². The van der Waals surface area contributed by atoms with Crippen molar-refractivity contribution in [3.05, 3.63) is 0 Å². The Bertz CT molecular complexity index is 457. The number of carbonyl (C=O) groups excluding carboxylic acids is 1. The van der Waals surface area contributed by atoms with Crippen LogP contribution in [-0.4, -0.2) is 50.6 Å². The molecule has 3 N–H and O–H groups in total. The van der Waals surface area contributed by atoms with Crippen LogP contribution in [0, 0.1) is 11.8 Å². The first-order chi connectivity index (χ1) is 9.27. The highest BCUT2D eigenvalue weighted by atomic mass is 35.5. The minimum absolute atomic E-state index is 0. The van der Waals surface area contributed by atoms with E-state index in [9.17, 15) is 13.2 Å². The maximum absolute atomic E-state index is 12.0. The zero-order chi connectivity index (χ0) is 14.9. The van der Waals surface area contributed by atoms with Gasteiger partial charge in [-0.1, -0.05) is 6.42 Å². The molecule has 6 nitrogen and oxygen atoms in total. The van der Waals surface area contributed by atoms with E-state index < -0.39 is 10.0 Å². The molecule has 2 bridgehead atoms. The van der Waals surface area contributed by atoms with E-state index in [4.69, 9.17) is 5.73 Å². The van der Waals surface area contributed by atoms with Crippen LogP contribution in [-0.2, 0) is 14.8 Å². The average Bonchev–Trinajstić information content (AvgIpc) is 2.28. The summed E-state index contributed by atoms with van der Waals surface area (Å²) in [7, 11) is -1.89. The van der Waals surface area contributed by atoms with Gasteiger partial charge in [-0.15, -0.1) is 12.4 Å². The van der Waals surface area contributed by atoms with Gasteiger partial charge in [0.25, 0.3) is 0 Å². The van der Waals surface area contributed by atoms with Gasteiger partial charge in [-0.2, -0.15) is 4.31 Å². The summed E-state index contributed by atoms with van der Waals surface area (Å²) in [5.41, 5.74) is 6.06. The summed E-state index contributed by atoms with van der Waals surface area (Å²) in [5, 5.41) is 3.04. The number of carbonyl (C=O) groups is 1. The normalized spacial score (nSPS) is 32.4. The van der Waals surface area contributed by atoms with Gasteiger partial charge in [0.15, 0.2) is 0 Å². The highest BCUT2D eigenvalue weighted by Crippen LogP contribution is 2.39. The fourth-order valence-electron chi connectivity index (χ4n) is 3.58. The maximum Gasteiger partial charge on any atom is 0.235 e. The molecule has 2 aliphatic carbocycles. The highest BCUT2D eigenvalue weighted by molar-refractivity contribution is 7.88. The second kappa shape index (κ2) is 7.26. The van der Waals surface area contributed by atoms with Gasteiger partial charge >= 0.3 is 0 Å². The van der Waals surface area contributed by atoms with Crippen molar-refractivity contribution in [2.75, 3.05) is 19.8 Å². The molecule has 0 aromatic carbocycles. The Balaban J connectivity index is 0.00000220. The van der Waals surface area contributed by atoms with Gasteiger partial charge in [0.1, 0.15) is 0 Å². The van der Waals surface area contributed by atoms with E-state index in [1.165, 1.54) is 13.5 Å². The molecule has 2 fully saturated rings. The largest absolute Gasteiger partial charge is 0.352 e. The van der Waals surface area contributed by atoms with E-state index in [1.807, 2.05) is 0 Å². The van der Waals surface area contributed by atoms with Crippen molar-refractivity contribution < 1.29 is 13.2 Å². The number of amides is 1. The molecule has 1 amide bonds. The summed E-state index contributed by atoms with van der Waals surface area (Å²) >= 11 is 0. The van der Waals surface area contributed by atoms with Crippen LogP contribution in [0.2, 0.25) is 0 Å². The van der Waals surface area contributed by atoms with E-state index in [2.05, 4.69) is 5.32 Å². The third kappa shape index (κ3) is 4.81. The Kier molecular flexibility index (Phi) is 6.46. The molecule has 0 aromatic heterocycles. The molecule has 0 aromatic rings. The summed E-state index contributed by atoms with van der Waals surface area (Å²) < 4.78 is 23.7. The number of rotatable bonds is 4. The number of fused-ring (bicyclic) bond motifs is 2. The lowest BCUT2D eigenvalue weighted by atomic mass is 9.67. The number of nitrogens with one attached hydrogen (secondary N) is 1. The molecule has 0 spiro atoms. The molecule has 2 unspecified atom stereocenters. The predicted octanol–water partition coefficient (Wildman–Crippen LogP) is 0.322. The van der Waals surface area contributed by atoms with Crippen LogP contribution in [0.4, 0.5) is 0 Å². The number of hydrogen-bond donors (Lipinski definition) is 2. The molecular formula is C13H26ClN3O3S. The molecule has 124 valence electrons. The zero-order valence-electron chi connectivity index (χ0n) is 12.6. The van der Waals surface area contributed by atoms with Crippen LogP contribution in [0.5, 0.6) is 0 Å². The Morgan fingerprint density at radius 1 is 1.29 bits per heavy atom. The van der Waals surface area contributed by atoms with Crippen molar-refractivity contribution in [3.63, 3.8) is 0 Å². The first-order valence-electron chi connectivity index (χ1n) is 7.23. The highest BCUT2D eigenvalue weighted by Gasteiger charge is 2.39. The van der Waals surface area contributed by atoms with Crippen LogP contribution in [0.15, 0.2) is 0 Å². The molecule has 2 aliphatic rings. The van der Waals surface area contributed by atoms with E-state index in [1.54, 1.807) is 0 Å². The van der Waals surface area contributed by atoms with E-state index in [0.717, 1.165) is 36.2 Å². The number of nitrogens with zero attached hydrogens (tertiary/aromatic N) is 1. The lowest BCUT2D eigenvalue weighted by molar-refractivity contribution is -0.123.